The van der Waals surface area contributed by atoms with Crippen molar-refractivity contribution in [2.24, 2.45) is 0 Å². The number of fused-ring (bicyclic) bond motifs is 1. The second kappa shape index (κ2) is 11.4. The number of esters is 1. The number of hydrogen-bond donors (Lipinski definition) is 1. The lowest BCUT2D eigenvalue weighted by Crippen LogP contribution is -2.50. The number of hydrogen-bond acceptors (Lipinski definition) is 7. The summed E-state index contributed by atoms with van der Waals surface area (Å²) in [6.07, 6.45) is 0.457. The van der Waals surface area contributed by atoms with Crippen LogP contribution in [0.5, 0.6) is 0 Å². The van der Waals surface area contributed by atoms with Gasteiger partial charge in [0.2, 0.25) is 5.91 Å². The van der Waals surface area contributed by atoms with E-state index >= 15 is 0 Å². The maximum atomic E-state index is 13.1. The summed E-state index contributed by atoms with van der Waals surface area (Å²) in [4.78, 5) is 54.5. The first-order valence-corrected chi connectivity index (χ1v) is 12.1. The van der Waals surface area contributed by atoms with Crippen LogP contribution in [0.15, 0.2) is 18.2 Å². The Kier molecular flexibility index (Phi) is 8.58. The van der Waals surface area contributed by atoms with Crippen molar-refractivity contribution in [3.63, 3.8) is 0 Å². The van der Waals surface area contributed by atoms with Gasteiger partial charge in [-0.15, -0.1) is 0 Å². The SMILES string of the molecule is CCOC(=O)CCNC(=O)CN1CCc2ccc(N3CCN(C(=O)OC(C)(C)C)CC3)cc2C1=O. The summed E-state index contributed by atoms with van der Waals surface area (Å²) in [5, 5.41) is 2.67. The quantitative estimate of drug-likeness (QED) is 0.583. The molecule has 0 spiro atoms. The van der Waals surface area contributed by atoms with Crippen molar-refractivity contribution in [3.05, 3.63) is 29.3 Å². The second-order valence-corrected chi connectivity index (χ2v) is 9.68. The fourth-order valence-corrected chi connectivity index (χ4v) is 4.10. The number of benzene rings is 1. The number of carbonyl (C=O) groups excluding carboxylic acids is 4. The van der Waals surface area contributed by atoms with E-state index in [4.69, 9.17) is 9.47 Å². The molecule has 3 rings (SSSR count). The maximum absolute atomic E-state index is 13.1. The van der Waals surface area contributed by atoms with Crippen molar-refractivity contribution in [2.45, 2.75) is 46.1 Å². The van der Waals surface area contributed by atoms with Crippen molar-refractivity contribution in [1.29, 1.82) is 0 Å². The zero-order chi connectivity index (χ0) is 25.6. The third-order valence-electron chi connectivity index (χ3n) is 5.85. The molecule has 192 valence electrons. The van der Waals surface area contributed by atoms with Crippen molar-refractivity contribution in [1.82, 2.24) is 15.1 Å². The summed E-state index contributed by atoms with van der Waals surface area (Å²) < 4.78 is 10.3. The first kappa shape index (κ1) is 26.3. The highest BCUT2D eigenvalue weighted by molar-refractivity contribution is 5.99. The molecule has 1 N–H and O–H groups in total. The molecule has 0 unspecified atom stereocenters. The van der Waals surface area contributed by atoms with Crippen LogP contribution in [0.3, 0.4) is 0 Å². The van der Waals surface area contributed by atoms with E-state index in [0.717, 1.165) is 11.3 Å². The summed E-state index contributed by atoms with van der Waals surface area (Å²) in [6.45, 7) is 10.5. The highest BCUT2D eigenvalue weighted by Gasteiger charge is 2.29. The number of piperazine rings is 1. The van der Waals surface area contributed by atoms with E-state index in [-0.39, 0.29) is 43.4 Å². The zero-order valence-corrected chi connectivity index (χ0v) is 21.1. The molecule has 1 fully saturated rings. The van der Waals surface area contributed by atoms with Crippen LogP contribution in [0.4, 0.5) is 10.5 Å². The van der Waals surface area contributed by atoms with Gasteiger partial charge < -0.3 is 29.5 Å². The van der Waals surface area contributed by atoms with Crippen molar-refractivity contribution in [2.75, 3.05) is 57.3 Å². The Morgan fingerprint density at radius 3 is 2.43 bits per heavy atom. The number of rotatable bonds is 7. The Bertz CT molecular complexity index is 950. The van der Waals surface area contributed by atoms with E-state index < -0.39 is 5.60 Å². The van der Waals surface area contributed by atoms with Gasteiger partial charge in [-0.25, -0.2) is 4.79 Å². The average Bonchev–Trinajstić information content (AvgIpc) is 2.80. The van der Waals surface area contributed by atoms with Gasteiger partial charge in [-0.05, 0) is 51.8 Å². The maximum Gasteiger partial charge on any atom is 0.410 e. The van der Waals surface area contributed by atoms with Crippen LogP contribution in [0.2, 0.25) is 0 Å². The van der Waals surface area contributed by atoms with Crippen molar-refractivity contribution in [3.8, 4) is 0 Å². The molecule has 0 radical (unpaired) electrons. The number of nitrogens with one attached hydrogen (secondary N) is 1. The molecule has 0 saturated carbocycles. The lowest BCUT2D eigenvalue weighted by atomic mass is 9.97. The van der Waals surface area contributed by atoms with Crippen LogP contribution in [-0.2, 0) is 25.5 Å². The van der Waals surface area contributed by atoms with Gasteiger partial charge in [0, 0.05) is 50.5 Å². The fraction of sp³-hybridized carbons (Fsp3) is 0.600. The molecule has 2 aliphatic rings. The molecule has 0 aromatic heterocycles. The topological polar surface area (TPSA) is 108 Å². The molecule has 10 heteroatoms. The fourth-order valence-electron chi connectivity index (χ4n) is 4.10. The minimum atomic E-state index is -0.531. The lowest BCUT2D eigenvalue weighted by molar-refractivity contribution is -0.143. The molecular weight excluding hydrogens is 452 g/mol. The first-order chi connectivity index (χ1) is 16.6. The molecular formula is C25H36N4O6. The second-order valence-electron chi connectivity index (χ2n) is 9.68. The zero-order valence-electron chi connectivity index (χ0n) is 21.1. The van der Waals surface area contributed by atoms with Gasteiger partial charge in [-0.3, -0.25) is 14.4 Å². The Hall–Kier alpha value is -3.30. The molecule has 0 bridgehead atoms. The summed E-state index contributed by atoms with van der Waals surface area (Å²) in [6, 6.07) is 5.86. The minimum absolute atomic E-state index is 0.0557. The van der Waals surface area contributed by atoms with E-state index in [1.807, 2.05) is 39.0 Å². The van der Waals surface area contributed by atoms with Gasteiger partial charge >= 0.3 is 12.1 Å². The van der Waals surface area contributed by atoms with E-state index in [1.165, 1.54) is 4.90 Å². The third kappa shape index (κ3) is 7.34. The average molecular weight is 489 g/mol. The van der Waals surface area contributed by atoms with Crippen LogP contribution in [0.25, 0.3) is 0 Å². The van der Waals surface area contributed by atoms with Crippen LogP contribution < -0.4 is 10.2 Å². The normalized spacial score (nSPS) is 16.0. The number of carbonyl (C=O) groups is 4. The van der Waals surface area contributed by atoms with Gasteiger partial charge in [0.1, 0.15) is 5.60 Å². The molecule has 2 heterocycles. The Morgan fingerprint density at radius 2 is 1.77 bits per heavy atom. The van der Waals surface area contributed by atoms with E-state index in [1.54, 1.807) is 11.8 Å². The van der Waals surface area contributed by atoms with Gasteiger partial charge in [0.25, 0.3) is 5.91 Å². The molecule has 3 amide bonds. The minimum Gasteiger partial charge on any atom is -0.466 e. The van der Waals surface area contributed by atoms with Crippen LogP contribution in [0.1, 0.15) is 50.0 Å². The smallest absolute Gasteiger partial charge is 0.410 e. The monoisotopic (exact) mass is 488 g/mol. The standard InChI is InChI=1S/C25H36N4O6/c1-5-34-22(31)8-10-26-21(30)17-29-11-9-18-6-7-19(16-20(18)23(29)32)27-12-14-28(15-13-27)24(33)35-25(2,3)4/h6-7,16H,5,8-15,17H2,1-4H3,(H,26,30). The Labute approximate surface area is 206 Å². The van der Waals surface area contributed by atoms with Crippen LogP contribution in [0, 0.1) is 0 Å². The summed E-state index contributed by atoms with van der Waals surface area (Å²) in [5.41, 5.74) is 1.95. The van der Waals surface area contributed by atoms with Gasteiger partial charge in [-0.1, -0.05) is 6.07 Å². The highest BCUT2D eigenvalue weighted by atomic mass is 16.6. The van der Waals surface area contributed by atoms with E-state index in [0.29, 0.717) is 51.3 Å². The van der Waals surface area contributed by atoms with Crippen molar-refractivity contribution < 1.29 is 28.7 Å². The molecule has 2 aliphatic heterocycles. The van der Waals surface area contributed by atoms with E-state index in [9.17, 15) is 19.2 Å². The summed E-state index contributed by atoms with van der Waals surface area (Å²) >= 11 is 0. The van der Waals surface area contributed by atoms with E-state index in [2.05, 4.69) is 10.2 Å². The number of ether oxygens (including phenoxy) is 2. The first-order valence-electron chi connectivity index (χ1n) is 12.1. The van der Waals surface area contributed by atoms with Crippen LogP contribution >= 0.6 is 0 Å². The molecule has 1 saturated heterocycles. The predicted molar refractivity (Wildman–Crippen MR) is 130 cm³/mol. The molecule has 0 atom stereocenters. The molecule has 10 nitrogen and oxygen atoms in total. The van der Waals surface area contributed by atoms with Gasteiger partial charge in [0.05, 0.1) is 19.6 Å². The molecule has 1 aromatic rings. The number of anilines is 1. The van der Waals surface area contributed by atoms with Gasteiger partial charge in [0.15, 0.2) is 0 Å². The van der Waals surface area contributed by atoms with Gasteiger partial charge in [-0.2, -0.15) is 0 Å². The molecule has 0 aliphatic carbocycles. The predicted octanol–water partition coefficient (Wildman–Crippen LogP) is 1.81. The third-order valence-corrected chi connectivity index (χ3v) is 5.85. The summed E-state index contributed by atoms with van der Waals surface area (Å²) in [7, 11) is 0. The highest BCUT2D eigenvalue weighted by Crippen LogP contribution is 2.26. The largest absolute Gasteiger partial charge is 0.466 e. The summed E-state index contributed by atoms with van der Waals surface area (Å²) in [5.74, 6) is -0.850. The molecule has 35 heavy (non-hydrogen) atoms. The number of nitrogens with zero attached hydrogens (tertiary/aromatic N) is 3. The van der Waals surface area contributed by atoms with Crippen LogP contribution in [-0.4, -0.2) is 91.7 Å². The number of amides is 3. The Morgan fingerprint density at radius 1 is 1.06 bits per heavy atom. The van der Waals surface area contributed by atoms with Crippen molar-refractivity contribution >= 4 is 29.6 Å². The Balaban J connectivity index is 1.55. The molecule has 1 aromatic carbocycles. The lowest BCUT2D eigenvalue weighted by Gasteiger charge is -2.37.